The van der Waals surface area contributed by atoms with Gasteiger partial charge in [-0.3, -0.25) is 14.0 Å². The van der Waals surface area contributed by atoms with Crippen LogP contribution in [0.1, 0.15) is 35.6 Å². The van der Waals surface area contributed by atoms with E-state index in [1.165, 1.54) is 18.4 Å². The predicted octanol–water partition coefficient (Wildman–Crippen LogP) is 5.09. The monoisotopic (exact) mass is 529 g/mol. The van der Waals surface area contributed by atoms with Gasteiger partial charge in [-0.1, -0.05) is 24.3 Å². The Morgan fingerprint density at radius 3 is 2.83 bits per heavy atom. The maximum absolute atomic E-state index is 13.6. The first-order valence-corrected chi connectivity index (χ1v) is 13.6. The van der Waals surface area contributed by atoms with Gasteiger partial charge in [0.05, 0.1) is 48.7 Å². The van der Waals surface area contributed by atoms with E-state index in [1.54, 1.807) is 4.57 Å². The summed E-state index contributed by atoms with van der Waals surface area (Å²) in [5.74, 6) is 0.820. The Kier molecular flexibility index (Phi) is 4.99. The number of rotatable bonds is 4. The summed E-state index contributed by atoms with van der Waals surface area (Å²) in [6.45, 7) is 3.91. The second-order valence-corrected chi connectivity index (χ2v) is 10.7. The number of hydrogen-bond acceptors (Lipinski definition) is 6. The summed E-state index contributed by atoms with van der Waals surface area (Å²) in [6.07, 6.45) is 6.20. The van der Waals surface area contributed by atoms with Crippen molar-refractivity contribution in [3.8, 4) is 28.2 Å². The van der Waals surface area contributed by atoms with Crippen LogP contribution in [0.25, 0.3) is 50.0 Å². The first-order chi connectivity index (χ1) is 19.5. The molecular formula is C31H27N7O2. The Labute approximate surface area is 229 Å². The van der Waals surface area contributed by atoms with Gasteiger partial charge in [0.2, 0.25) is 5.95 Å². The molecule has 0 bridgehead atoms. The van der Waals surface area contributed by atoms with Gasteiger partial charge in [-0.2, -0.15) is 10.1 Å². The third-order valence-corrected chi connectivity index (χ3v) is 8.23. The van der Waals surface area contributed by atoms with Crippen molar-refractivity contribution < 1.29 is 4.74 Å². The molecule has 9 nitrogen and oxygen atoms in total. The van der Waals surface area contributed by atoms with Crippen LogP contribution in [0, 0.1) is 6.92 Å². The number of nitrogen functional groups attached to an aromatic ring is 1. The first-order valence-electron chi connectivity index (χ1n) is 13.6. The molecule has 198 valence electrons. The lowest BCUT2D eigenvalue weighted by molar-refractivity contribution is 0.0804. The van der Waals surface area contributed by atoms with Crippen molar-refractivity contribution in [2.75, 3.05) is 12.3 Å². The van der Waals surface area contributed by atoms with Gasteiger partial charge in [0.15, 0.2) is 0 Å². The van der Waals surface area contributed by atoms with Crippen molar-refractivity contribution in [1.82, 2.24) is 29.3 Å². The Bertz CT molecular complexity index is 2030. The van der Waals surface area contributed by atoms with E-state index in [-0.39, 0.29) is 11.5 Å². The van der Waals surface area contributed by atoms with Crippen LogP contribution in [0.15, 0.2) is 65.7 Å². The zero-order chi connectivity index (χ0) is 27.0. The number of aromatic amines is 1. The predicted molar refractivity (Wildman–Crippen MR) is 154 cm³/mol. The summed E-state index contributed by atoms with van der Waals surface area (Å²) in [7, 11) is 0. The van der Waals surface area contributed by atoms with Gasteiger partial charge in [-0.25, -0.2) is 4.98 Å². The molecule has 2 aliphatic rings. The molecule has 0 saturated heterocycles. The largest absolute Gasteiger partial charge is 0.373 e. The minimum Gasteiger partial charge on any atom is -0.373 e. The highest BCUT2D eigenvalue weighted by molar-refractivity contribution is 5.96. The zero-order valence-electron chi connectivity index (χ0n) is 22.0. The van der Waals surface area contributed by atoms with Gasteiger partial charge in [0, 0.05) is 28.1 Å². The Balaban J connectivity index is 1.26. The van der Waals surface area contributed by atoms with Crippen LogP contribution in [0.4, 0.5) is 5.95 Å². The maximum Gasteiger partial charge on any atom is 0.262 e. The summed E-state index contributed by atoms with van der Waals surface area (Å²) in [4.78, 5) is 26.2. The Hall–Kier alpha value is -4.76. The molecule has 1 aliphatic heterocycles. The van der Waals surface area contributed by atoms with E-state index in [2.05, 4.69) is 32.2 Å². The molecule has 2 aromatic carbocycles. The topological polar surface area (TPSA) is 117 Å². The molecule has 3 N–H and O–H groups in total. The molecule has 1 fully saturated rings. The van der Waals surface area contributed by atoms with E-state index in [4.69, 9.17) is 10.5 Å². The number of hydrogen-bond donors (Lipinski definition) is 2. The minimum absolute atomic E-state index is 0.0374. The third kappa shape index (κ3) is 3.58. The lowest BCUT2D eigenvalue weighted by Crippen LogP contribution is -2.18. The summed E-state index contributed by atoms with van der Waals surface area (Å²) >= 11 is 0. The van der Waals surface area contributed by atoms with Crippen molar-refractivity contribution >= 4 is 27.8 Å². The van der Waals surface area contributed by atoms with E-state index >= 15 is 0 Å². The molecule has 1 saturated carbocycles. The van der Waals surface area contributed by atoms with Crippen LogP contribution in [0.2, 0.25) is 0 Å². The molecule has 0 spiro atoms. The lowest BCUT2D eigenvalue weighted by Gasteiger charge is -2.15. The molecule has 6 aromatic rings. The van der Waals surface area contributed by atoms with Crippen LogP contribution in [0.5, 0.6) is 0 Å². The van der Waals surface area contributed by atoms with E-state index in [0.717, 1.165) is 51.1 Å². The molecule has 0 amide bonds. The van der Waals surface area contributed by atoms with Gasteiger partial charge >= 0.3 is 0 Å². The molecule has 0 atom stereocenters. The third-order valence-electron chi connectivity index (χ3n) is 8.23. The number of benzene rings is 2. The normalized spacial score (nSPS) is 15.1. The lowest BCUT2D eigenvalue weighted by atomic mass is 10.0. The zero-order valence-corrected chi connectivity index (χ0v) is 22.0. The van der Waals surface area contributed by atoms with Crippen molar-refractivity contribution in [3.05, 3.63) is 88.1 Å². The van der Waals surface area contributed by atoms with E-state index in [0.29, 0.717) is 35.9 Å². The summed E-state index contributed by atoms with van der Waals surface area (Å²) < 4.78 is 9.38. The quantitative estimate of drug-likeness (QED) is 0.329. The van der Waals surface area contributed by atoms with Crippen molar-refractivity contribution in [1.29, 1.82) is 0 Å². The summed E-state index contributed by atoms with van der Waals surface area (Å²) in [6, 6.07) is 16.2. The fourth-order valence-corrected chi connectivity index (χ4v) is 5.95. The number of nitrogens with two attached hydrogens (primary N) is 1. The molecule has 9 heteroatoms. The Morgan fingerprint density at radius 2 is 1.95 bits per heavy atom. The number of H-pyrrole nitrogens is 1. The van der Waals surface area contributed by atoms with Gasteiger partial charge < -0.3 is 15.5 Å². The molecule has 40 heavy (non-hydrogen) atoms. The van der Waals surface area contributed by atoms with Crippen molar-refractivity contribution in [2.24, 2.45) is 0 Å². The second-order valence-electron chi connectivity index (χ2n) is 10.7. The number of ether oxygens (including phenoxy) is 1. The van der Waals surface area contributed by atoms with Gasteiger partial charge in [-0.05, 0) is 66.5 Å². The van der Waals surface area contributed by atoms with Crippen LogP contribution in [-0.2, 0) is 17.9 Å². The highest BCUT2D eigenvalue weighted by Gasteiger charge is 2.24. The van der Waals surface area contributed by atoms with Crippen LogP contribution < -0.4 is 11.3 Å². The number of pyridine rings is 1. The average Bonchev–Trinajstić information content (AvgIpc) is 3.59. The first kappa shape index (κ1) is 23.2. The highest BCUT2D eigenvalue weighted by atomic mass is 16.5. The number of nitrogens with one attached hydrogen (secondary N) is 1. The van der Waals surface area contributed by atoms with E-state index < -0.39 is 0 Å². The smallest absolute Gasteiger partial charge is 0.262 e. The van der Waals surface area contributed by atoms with Crippen molar-refractivity contribution in [3.63, 3.8) is 0 Å². The van der Waals surface area contributed by atoms with Gasteiger partial charge in [0.1, 0.15) is 5.65 Å². The molecule has 8 rings (SSSR count). The summed E-state index contributed by atoms with van der Waals surface area (Å²) in [5.41, 5.74) is 14.3. The Morgan fingerprint density at radius 1 is 1.05 bits per heavy atom. The number of aromatic nitrogens is 6. The number of anilines is 1. The molecule has 0 unspecified atom stereocenters. The fourth-order valence-electron chi connectivity index (χ4n) is 5.95. The van der Waals surface area contributed by atoms with Crippen LogP contribution in [-0.4, -0.2) is 35.9 Å². The van der Waals surface area contributed by atoms with Crippen molar-refractivity contribution in [2.45, 2.75) is 38.8 Å². The second kappa shape index (κ2) is 8.62. The molecule has 0 radical (unpaired) electrons. The highest BCUT2D eigenvalue weighted by Crippen LogP contribution is 2.41. The van der Waals surface area contributed by atoms with Gasteiger partial charge in [-0.15, -0.1) is 0 Å². The minimum atomic E-state index is -0.0374. The number of nitrogens with zero attached hydrogens (tertiary/aromatic N) is 5. The van der Waals surface area contributed by atoms with Crippen LogP contribution in [0.3, 0.4) is 0 Å². The standard InChI is InChI=1S/C31H27N7O2/c1-17-21(3-2-4-26(17)37-10-9-20-13-19(18-5-6-18)7-8-22(20)30(37)39)28-23-14-25(34-29(23)36-31(32)35-28)24-15-33-38-11-12-40-16-27(24)38/h2-4,7-10,13-15,18H,5-6,11-12,16H2,1H3,(H3,32,34,35,36). The van der Waals surface area contributed by atoms with Crippen LogP contribution >= 0.6 is 0 Å². The molecule has 4 aromatic heterocycles. The average molecular weight is 530 g/mol. The fraction of sp³-hybridized carbons (Fsp3) is 0.226. The number of fused-ring (bicyclic) bond motifs is 3. The maximum atomic E-state index is 13.6. The van der Waals surface area contributed by atoms with E-state index in [9.17, 15) is 4.79 Å². The summed E-state index contributed by atoms with van der Waals surface area (Å²) in [5, 5.41) is 7.08. The van der Waals surface area contributed by atoms with Gasteiger partial charge in [0.25, 0.3) is 5.56 Å². The SMILES string of the molecule is Cc1c(-c2nc(N)nc3[nH]c(-c4cnn5c4COCC5)cc23)cccc1-n1ccc2cc(C3CC3)ccc2c1=O. The molecule has 5 heterocycles. The van der Waals surface area contributed by atoms with E-state index in [1.807, 2.05) is 60.4 Å². The molecule has 1 aliphatic carbocycles. The molecular weight excluding hydrogens is 502 g/mol.